The van der Waals surface area contributed by atoms with E-state index in [1.807, 2.05) is 0 Å². The molecule has 0 radical (unpaired) electrons. The van der Waals surface area contributed by atoms with Crippen LogP contribution in [0, 0.1) is 0 Å². The summed E-state index contributed by atoms with van der Waals surface area (Å²) >= 11 is 0. The molecule has 0 saturated heterocycles. The Morgan fingerprint density at radius 1 is 0.737 bits per heavy atom. The van der Waals surface area contributed by atoms with Crippen LogP contribution in [-0.4, -0.2) is 11.9 Å². The van der Waals surface area contributed by atoms with Crippen LogP contribution in [0.2, 0.25) is 0 Å². The standard InChI is InChI=1S/C6H12.2C4H8O2.Zn/c1-2-4-6-5-3-1;2*1-2-3-4(5)6;/h1-6H2;2*2-3H2,1H3,(H,5,6);/q;;;+2/p-2. The van der Waals surface area contributed by atoms with Gasteiger partial charge in [-0.05, 0) is 12.8 Å². The third-order valence-corrected chi connectivity index (χ3v) is 2.41. The van der Waals surface area contributed by atoms with Crippen molar-refractivity contribution in [3.05, 3.63) is 0 Å². The summed E-state index contributed by atoms with van der Waals surface area (Å²) in [7, 11) is 0. The van der Waals surface area contributed by atoms with Gasteiger partial charge in [0.05, 0.1) is 0 Å². The van der Waals surface area contributed by atoms with Crippen LogP contribution in [-0.2, 0) is 29.1 Å². The Bertz CT molecular complexity index is 176. The fraction of sp³-hybridized carbons (Fsp3) is 0.857. The SMILES string of the molecule is C1CCCCC1.CCCC(=O)[O-].CCCC(=O)[O-].[Zn+2]. The second kappa shape index (κ2) is 19.9. The van der Waals surface area contributed by atoms with E-state index in [1.165, 1.54) is 38.5 Å². The number of hydrogen-bond acceptors (Lipinski definition) is 4. The summed E-state index contributed by atoms with van der Waals surface area (Å²) in [6.45, 7) is 3.60. The number of carboxylic acids is 2. The van der Waals surface area contributed by atoms with Crippen molar-refractivity contribution in [3.8, 4) is 0 Å². The second-order valence-electron chi connectivity index (χ2n) is 4.37. The van der Waals surface area contributed by atoms with Crippen molar-refractivity contribution in [3.63, 3.8) is 0 Å². The van der Waals surface area contributed by atoms with Crippen LogP contribution < -0.4 is 10.2 Å². The number of carboxylic acid groups (broad SMARTS) is 2. The Labute approximate surface area is 129 Å². The molecule has 0 heterocycles. The number of carbonyl (C=O) groups is 2. The van der Waals surface area contributed by atoms with Gasteiger partial charge >= 0.3 is 19.5 Å². The number of carbonyl (C=O) groups excluding carboxylic acids is 2. The molecule has 0 unspecified atom stereocenters. The molecule has 0 bridgehead atoms. The van der Waals surface area contributed by atoms with Crippen LogP contribution in [0.1, 0.15) is 78.1 Å². The minimum Gasteiger partial charge on any atom is -0.550 e. The van der Waals surface area contributed by atoms with E-state index in [4.69, 9.17) is 0 Å². The molecule has 0 aliphatic heterocycles. The van der Waals surface area contributed by atoms with Crippen LogP contribution in [0.3, 0.4) is 0 Å². The predicted molar refractivity (Wildman–Crippen MR) is 67.5 cm³/mol. The Hall–Kier alpha value is -0.437. The van der Waals surface area contributed by atoms with Crippen LogP contribution in [0.15, 0.2) is 0 Å². The van der Waals surface area contributed by atoms with Gasteiger partial charge in [-0.15, -0.1) is 0 Å². The number of rotatable bonds is 4. The minimum atomic E-state index is -0.961. The van der Waals surface area contributed by atoms with E-state index in [9.17, 15) is 19.8 Å². The van der Waals surface area contributed by atoms with Crippen LogP contribution in [0.4, 0.5) is 0 Å². The quantitative estimate of drug-likeness (QED) is 0.733. The van der Waals surface area contributed by atoms with Crippen LogP contribution in [0.5, 0.6) is 0 Å². The molecule has 0 aromatic heterocycles. The molecule has 0 atom stereocenters. The van der Waals surface area contributed by atoms with Crippen molar-refractivity contribution in [2.24, 2.45) is 0 Å². The van der Waals surface area contributed by atoms with Crippen molar-refractivity contribution < 1.29 is 39.3 Å². The van der Waals surface area contributed by atoms with E-state index >= 15 is 0 Å². The monoisotopic (exact) mass is 322 g/mol. The molecule has 1 aliphatic rings. The summed E-state index contributed by atoms with van der Waals surface area (Å²) in [6.07, 6.45) is 10.7. The van der Waals surface area contributed by atoms with E-state index in [0.717, 1.165) is 0 Å². The first-order valence-corrected chi connectivity index (χ1v) is 6.94. The van der Waals surface area contributed by atoms with E-state index in [2.05, 4.69) is 0 Å². The van der Waals surface area contributed by atoms with Crippen LogP contribution in [0.25, 0.3) is 0 Å². The van der Waals surface area contributed by atoms with Crippen molar-refractivity contribution in [2.45, 2.75) is 78.1 Å². The van der Waals surface area contributed by atoms with Gasteiger partial charge in [0, 0.05) is 11.9 Å². The zero-order chi connectivity index (χ0) is 14.2. The summed E-state index contributed by atoms with van der Waals surface area (Å²) in [6, 6.07) is 0. The summed E-state index contributed by atoms with van der Waals surface area (Å²) < 4.78 is 0. The average Bonchev–Trinajstić information content (AvgIpc) is 2.32. The second-order valence-corrected chi connectivity index (χ2v) is 4.37. The summed E-state index contributed by atoms with van der Waals surface area (Å²) in [5.41, 5.74) is 0. The molecule has 0 aromatic carbocycles. The van der Waals surface area contributed by atoms with Gasteiger partial charge in [0.15, 0.2) is 0 Å². The Balaban J connectivity index is -0.000000197. The summed E-state index contributed by atoms with van der Waals surface area (Å²) in [4.78, 5) is 19.0. The van der Waals surface area contributed by atoms with Crippen molar-refractivity contribution in [1.29, 1.82) is 0 Å². The topological polar surface area (TPSA) is 80.3 Å². The molecular weight excluding hydrogens is 298 g/mol. The molecule has 0 spiro atoms. The molecule has 1 rings (SSSR count). The van der Waals surface area contributed by atoms with E-state index in [1.54, 1.807) is 13.8 Å². The summed E-state index contributed by atoms with van der Waals surface area (Å²) in [5, 5.41) is 19.0. The molecule has 1 aliphatic carbocycles. The summed E-state index contributed by atoms with van der Waals surface area (Å²) in [5.74, 6) is -1.92. The number of aliphatic carboxylic acids is 2. The normalized spacial score (nSPS) is 12.7. The Morgan fingerprint density at radius 3 is 1.00 bits per heavy atom. The third kappa shape index (κ3) is 31.8. The molecule has 1 fully saturated rings. The van der Waals surface area contributed by atoms with Crippen LogP contribution >= 0.6 is 0 Å². The Morgan fingerprint density at radius 2 is 0.947 bits per heavy atom. The van der Waals surface area contributed by atoms with E-state index in [-0.39, 0.29) is 32.3 Å². The third-order valence-electron chi connectivity index (χ3n) is 2.41. The first-order chi connectivity index (χ1) is 8.54. The predicted octanol–water partition coefficient (Wildman–Crippen LogP) is 1.41. The van der Waals surface area contributed by atoms with Crippen molar-refractivity contribution in [1.82, 2.24) is 0 Å². The van der Waals surface area contributed by atoms with Gasteiger partial charge in [0.25, 0.3) is 0 Å². The average molecular weight is 324 g/mol. The fourth-order valence-electron chi connectivity index (χ4n) is 1.47. The maximum absolute atomic E-state index is 9.49. The maximum atomic E-state index is 9.49. The van der Waals surface area contributed by atoms with Gasteiger partial charge in [-0.3, -0.25) is 0 Å². The first-order valence-electron chi connectivity index (χ1n) is 6.94. The number of hydrogen-bond donors (Lipinski definition) is 0. The van der Waals surface area contributed by atoms with Gasteiger partial charge in [-0.2, -0.15) is 0 Å². The molecule has 4 nitrogen and oxygen atoms in total. The minimum absolute atomic E-state index is 0. The molecular formula is C14H26O4Zn. The fourth-order valence-corrected chi connectivity index (χ4v) is 1.47. The van der Waals surface area contributed by atoms with E-state index in [0.29, 0.717) is 12.8 Å². The molecule has 0 amide bonds. The van der Waals surface area contributed by atoms with Gasteiger partial charge in [-0.1, -0.05) is 65.2 Å². The van der Waals surface area contributed by atoms with Gasteiger partial charge < -0.3 is 19.8 Å². The van der Waals surface area contributed by atoms with Gasteiger partial charge in [0.2, 0.25) is 0 Å². The molecule has 1 saturated carbocycles. The molecule has 19 heavy (non-hydrogen) atoms. The maximum Gasteiger partial charge on any atom is 2.00 e. The zero-order valence-corrected chi connectivity index (χ0v) is 15.4. The Kier molecular flexibility index (Phi) is 24.8. The van der Waals surface area contributed by atoms with Gasteiger partial charge in [0.1, 0.15) is 0 Å². The van der Waals surface area contributed by atoms with Crippen molar-refractivity contribution >= 4 is 11.9 Å². The van der Waals surface area contributed by atoms with Gasteiger partial charge in [-0.25, -0.2) is 0 Å². The molecule has 0 aromatic rings. The van der Waals surface area contributed by atoms with Crippen molar-refractivity contribution in [2.75, 3.05) is 0 Å². The largest absolute Gasteiger partial charge is 2.00 e. The van der Waals surface area contributed by atoms with E-state index < -0.39 is 11.9 Å². The zero-order valence-electron chi connectivity index (χ0n) is 12.4. The molecule has 5 heteroatoms. The smallest absolute Gasteiger partial charge is 0.550 e. The molecule has 108 valence electrons. The first kappa shape index (κ1) is 23.6. The molecule has 0 N–H and O–H groups in total.